The van der Waals surface area contributed by atoms with Crippen LogP contribution in [-0.2, 0) is 11.6 Å². The Balaban J connectivity index is 2.38. The topological polar surface area (TPSA) is 25.8 Å². The zero-order valence-corrected chi connectivity index (χ0v) is 11.5. The molecular weight excluding hydrogens is 265 g/mol. The highest BCUT2D eigenvalue weighted by molar-refractivity contribution is 5.62. The van der Waals surface area contributed by atoms with Crippen molar-refractivity contribution in [2.75, 3.05) is 0 Å². The van der Waals surface area contributed by atoms with Crippen molar-refractivity contribution >= 4 is 0 Å². The monoisotopic (exact) mass is 280 g/mol. The molecule has 0 bridgehead atoms. The highest BCUT2D eigenvalue weighted by Gasteiger charge is 2.32. The Labute approximate surface area is 115 Å². The number of rotatable bonds is 1. The minimum atomic E-state index is -4.41. The molecule has 0 radical (unpaired) electrons. The molecule has 2 heterocycles. The van der Waals surface area contributed by atoms with E-state index < -0.39 is 11.9 Å². The van der Waals surface area contributed by atoms with E-state index in [2.05, 4.69) is 9.97 Å². The highest BCUT2D eigenvalue weighted by atomic mass is 19.4. The van der Waals surface area contributed by atoms with Gasteiger partial charge in [0.25, 0.3) is 0 Å². The fourth-order valence-electron chi connectivity index (χ4n) is 1.75. The van der Waals surface area contributed by atoms with E-state index in [1.165, 1.54) is 12.3 Å². The highest BCUT2D eigenvalue weighted by Crippen LogP contribution is 2.30. The number of hydrogen-bond donors (Lipinski definition) is 0. The molecule has 2 aromatic rings. The van der Waals surface area contributed by atoms with Crippen molar-refractivity contribution in [2.45, 2.75) is 32.4 Å². The summed E-state index contributed by atoms with van der Waals surface area (Å²) in [6.07, 6.45) is -1.51. The summed E-state index contributed by atoms with van der Waals surface area (Å²) < 4.78 is 37.4. The first-order valence-corrected chi connectivity index (χ1v) is 6.18. The van der Waals surface area contributed by atoms with Gasteiger partial charge in [-0.2, -0.15) is 13.2 Å². The molecule has 0 saturated heterocycles. The second-order valence-electron chi connectivity index (χ2n) is 5.61. The van der Waals surface area contributed by atoms with E-state index in [4.69, 9.17) is 0 Å². The van der Waals surface area contributed by atoms with Crippen LogP contribution in [0.25, 0.3) is 11.1 Å². The number of hydrogen-bond acceptors (Lipinski definition) is 2. The quantitative estimate of drug-likeness (QED) is 0.770. The second-order valence-corrected chi connectivity index (χ2v) is 5.61. The predicted octanol–water partition coefficient (Wildman–Crippen LogP) is 4.46. The van der Waals surface area contributed by atoms with E-state index >= 15 is 0 Å². The molecule has 20 heavy (non-hydrogen) atoms. The van der Waals surface area contributed by atoms with Gasteiger partial charge in [0.2, 0.25) is 0 Å². The van der Waals surface area contributed by atoms with Crippen molar-refractivity contribution in [1.82, 2.24) is 9.97 Å². The van der Waals surface area contributed by atoms with Gasteiger partial charge < -0.3 is 0 Å². The lowest BCUT2D eigenvalue weighted by atomic mass is 9.90. The Hall–Kier alpha value is -1.91. The van der Waals surface area contributed by atoms with Gasteiger partial charge in [0, 0.05) is 29.1 Å². The molecule has 0 N–H and O–H groups in total. The van der Waals surface area contributed by atoms with E-state index in [9.17, 15) is 13.2 Å². The molecule has 2 rings (SSSR count). The Bertz CT molecular complexity index is 596. The normalized spacial score (nSPS) is 12.5. The number of alkyl halides is 3. The third kappa shape index (κ3) is 3.15. The molecular formula is C15H15F3N2. The molecule has 0 amide bonds. The zero-order valence-electron chi connectivity index (χ0n) is 11.5. The molecule has 0 fully saturated rings. The molecule has 0 aliphatic rings. The van der Waals surface area contributed by atoms with Crippen LogP contribution in [0.5, 0.6) is 0 Å². The average molecular weight is 280 g/mol. The first-order chi connectivity index (χ1) is 9.18. The first kappa shape index (κ1) is 14.5. The molecule has 0 spiro atoms. The van der Waals surface area contributed by atoms with Crippen LogP contribution in [0.2, 0.25) is 0 Å². The third-order valence-electron chi connectivity index (χ3n) is 2.92. The molecule has 0 aliphatic heterocycles. The van der Waals surface area contributed by atoms with Gasteiger partial charge in [-0.1, -0.05) is 26.8 Å². The van der Waals surface area contributed by atoms with Gasteiger partial charge in [-0.15, -0.1) is 0 Å². The molecule has 2 nitrogen and oxygen atoms in total. The van der Waals surface area contributed by atoms with Crippen LogP contribution in [0, 0.1) is 0 Å². The summed E-state index contributed by atoms with van der Waals surface area (Å²) in [6, 6.07) is 6.06. The van der Waals surface area contributed by atoms with Gasteiger partial charge in [-0.3, -0.25) is 9.97 Å². The fraction of sp³-hybridized carbons (Fsp3) is 0.333. The molecule has 5 heteroatoms. The van der Waals surface area contributed by atoms with Gasteiger partial charge in [0.1, 0.15) is 5.69 Å². The van der Waals surface area contributed by atoms with Crippen LogP contribution in [0.15, 0.2) is 36.7 Å². The second kappa shape index (κ2) is 4.89. The fourth-order valence-corrected chi connectivity index (χ4v) is 1.75. The van der Waals surface area contributed by atoms with Crippen LogP contribution in [0.1, 0.15) is 32.2 Å². The van der Waals surface area contributed by atoms with Gasteiger partial charge >= 0.3 is 6.18 Å². The van der Waals surface area contributed by atoms with Crippen LogP contribution < -0.4 is 0 Å². The lowest BCUT2D eigenvalue weighted by molar-refractivity contribution is -0.141. The summed E-state index contributed by atoms with van der Waals surface area (Å²) in [5.41, 5.74) is 1.34. The average Bonchev–Trinajstić information content (AvgIpc) is 2.37. The molecule has 0 saturated carbocycles. The molecule has 2 aromatic heterocycles. The predicted molar refractivity (Wildman–Crippen MR) is 71.2 cm³/mol. The van der Waals surface area contributed by atoms with Gasteiger partial charge in [0.15, 0.2) is 0 Å². The summed E-state index contributed by atoms with van der Waals surface area (Å²) in [4.78, 5) is 7.77. The summed E-state index contributed by atoms with van der Waals surface area (Å²) in [5.74, 6) is 0. The smallest absolute Gasteiger partial charge is 0.261 e. The van der Waals surface area contributed by atoms with Crippen LogP contribution in [0.3, 0.4) is 0 Å². The summed E-state index contributed by atoms with van der Waals surface area (Å²) in [7, 11) is 0. The van der Waals surface area contributed by atoms with Gasteiger partial charge in [-0.05, 0) is 23.8 Å². The Morgan fingerprint density at radius 3 is 2.05 bits per heavy atom. The molecule has 0 atom stereocenters. The molecule has 0 aliphatic carbocycles. The Kier molecular flexibility index (Phi) is 3.54. The van der Waals surface area contributed by atoms with E-state index in [1.807, 2.05) is 26.8 Å². The number of halogens is 3. The van der Waals surface area contributed by atoms with Crippen LogP contribution in [-0.4, -0.2) is 9.97 Å². The van der Waals surface area contributed by atoms with Crippen molar-refractivity contribution in [3.63, 3.8) is 0 Å². The van der Waals surface area contributed by atoms with Crippen molar-refractivity contribution in [1.29, 1.82) is 0 Å². The van der Waals surface area contributed by atoms with E-state index in [0.29, 0.717) is 5.56 Å². The van der Waals surface area contributed by atoms with Crippen LogP contribution in [0.4, 0.5) is 13.2 Å². The SMILES string of the molecule is CC(C)(C)c1cc(-c2ccc(C(F)(F)F)nc2)ccn1. The molecule has 0 aromatic carbocycles. The van der Waals surface area contributed by atoms with Crippen molar-refractivity contribution in [3.05, 3.63) is 48.0 Å². The summed E-state index contributed by atoms with van der Waals surface area (Å²) in [6.45, 7) is 6.10. The van der Waals surface area contributed by atoms with Crippen molar-refractivity contribution in [2.24, 2.45) is 0 Å². The summed E-state index contributed by atoms with van der Waals surface area (Å²) in [5, 5.41) is 0. The number of aromatic nitrogens is 2. The zero-order chi connectivity index (χ0) is 15.0. The third-order valence-corrected chi connectivity index (χ3v) is 2.92. The van der Waals surface area contributed by atoms with Crippen molar-refractivity contribution in [3.8, 4) is 11.1 Å². The minimum absolute atomic E-state index is 0.116. The van der Waals surface area contributed by atoms with Gasteiger partial charge in [-0.25, -0.2) is 0 Å². The number of nitrogens with zero attached hydrogens (tertiary/aromatic N) is 2. The van der Waals surface area contributed by atoms with E-state index in [1.54, 1.807) is 12.3 Å². The largest absolute Gasteiger partial charge is 0.433 e. The molecule has 106 valence electrons. The first-order valence-electron chi connectivity index (χ1n) is 6.18. The van der Waals surface area contributed by atoms with E-state index in [0.717, 1.165) is 17.3 Å². The molecule has 0 unspecified atom stereocenters. The minimum Gasteiger partial charge on any atom is -0.261 e. The Morgan fingerprint density at radius 1 is 0.850 bits per heavy atom. The Morgan fingerprint density at radius 2 is 1.55 bits per heavy atom. The number of pyridine rings is 2. The van der Waals surface area contributed by atoms with Crippen molar-refractivity contribution < 1.29 is 13.2 Å². The lowest BCUT2D eigenvalue weighted by Crippen LogP contribution is -2.13. The maximum absolute atomic E-state index is 12.5. The van der Waals surface area contributed by atoms with Gasteiger partial charge in [0.05, 0.1) is 0 Å². The van der Waals surface area contributed by atoms with E-state index in [-0.39, 0.29) is 5.41 Å². The maximum atomic E-state index is 12.5. The lowest BCUT2D eigenvalue weighted by Gasteiger charge is -2.18. The van der Waals surface area contributed by atoms with Crippen LogP contribution >= 0.6 is 0 Å². The standard InChI is InChI=1S/C15H15F3N2/c1-14(2,3)13-8-10(6-7-19-13)11-4-5-12(20-9-11)15(16,17)18/h4-9H,1-3H3. The maximum Gasteiger partial charge on any atom is 0.433 e. The summed E-state index contributed by atoms with van der Waals surface area (Å²) >= 11 is 0.